The zero-order valence-electron chi connectivity index (χ0n) is 21.9. The van der Waals surface area contributed by atoms with Gasteiger partial charge >= 0.3 is 5.97 Å². The van der Waals surface area contributed by atoms with Gasteiger partial charge in [-0.3, -0.25) is 29.0 Å². The first kappa shape index (κ1) is 28.7. The fourth-order valence-electron chi connectivity index (χ4n) is 7.03. The van der Waals surface area contributed by atoms with E-state index in [2.05, 4.69) is 15.9 Å². The van der Waals surface area contributed by atoms with Crippen molar-refractivity contribution in [3.8, 4) is 11.5 Å². The molecule has 2 saturated heterocycles. The molecule has 4 aliphatic rings. The maximum Gasteiger partial charge on any atom is 0.335 e. The number of alkyl halides is 3. The topological polar surface area (TPSA) is 142 Å². The van der Waals surface area contributed by atoms with Crippen molar-refractivity contribution >= 4 is 74.4 Å². The fourth-order valence-corrected chi connectivity index (χ4v) is 8.44. The highest BCUT2D eigenvalue weighted by Crippen LogP contribution is 2.66. The first-order valence-corrected chi connectivity index (χ1v) is 14.9. The summed E-state index contributed by atoms with van der Waals surface area (Å²) in [4.78, 5) is 64.6. The van der Waals surface area contributed by atoms with Crippen LogP contribution >= 0.6 is 39.1 Å². The Labute approximate surface area is 257 Å². The number of carbonyl (C=O) groups excluding carboxylic acids is 4. The molecule has 2 aromatic rings. The van der Waals surface area contributed by atoms with Crippen LogP contribution in [0.15, 0.2) is 54.1 Å². The molecular weight excluding hydrogens is 655 g/mol. The Hall–Kier alpha value is -3.41. The van der Waals surface area contributed by atoms with Crippen LogP contribution in [0.5, 0.6) is 11.5 Å². The van der Waals surface area contributed by atoms with Crippen LogP contribution in [0.3, 0.4) is 0 Å². The second-order valence-electron chi connectivity index (χ2n) is 10.8. The van der Waals surface area contributed by atoms with Crippen molar-refractivity contribution in [1.29, 1.82) is 0 Å². The smallest absolute Gasteiger partial charge is 0.335 e. The van der Waals surface area contributed by atoms with Crippen LogP contribution in [-0.2, 0) is 19.2 Å². The number of benzene rings is 2. The van der Waals surface area contributed by atoms with Crippen LogP contribution in [0, 0.1) is 17.8 Å². The van der Waals surface area contributed by atoms with Crippen molar-refractivity contribution < 1.29 is 38.9 Å². The highest BCUT2D eigenvalue weighted by Gasteiger charge is 2.76. The average Bonchev–Trinajstić information content (AvgIpc) is 3.31. The molecule has 42 heavy (non-hydrogen) atoms. The van der Waals surface area contributed by atoms with Gasteiger partial charge in [-0.2, -0.15) is 0 Å². The molecule has 3 fully saturated rings. The monoisotopic (exact) mass is 676 g/mol. The summed E-state index contributed by atoms with van der Waals surface area (Å²) in [5.74, 6) is -7.40. The molecule has 0 spiro atoms. The summed E-state index contributed by atoms with van der Waals surface area (Å²) in [6, 6.07) is 10.00. The molecule has 13 heteroatoms. The number of hydrogen-bond donors (Lipinski definition) is 2. The van der Waals surface area contributed by atoms with Crippen molar-refractivity contribution in [2.24, 2.45) is 17.8 Å². The van der Waals surface area contributed by atoms with E-state index in [4.69, 9.17) is 27.9 Å². The highest BCUT2D eigenvalue weighted by atomic mass is 79.9. The van der Waals surface area contributed by atoms with E-state index in [0.717, 1.165) is 9.80 Å². The summed E-state index contributed by atoms with van der Waals surface area (Å²) >= 11 is 17.5. The normalized spacial score (nSPS) is 32.0. The molecule has 6 rings (SSSR count). The molecule has 6 unspecified atom stereocenters. The Kier molecular flexibility index (Phi) is 6.71. The van der Waals surface area contributed by atoms with Crippen LogP contribution in [0.2, 0.25) is 0 Å². The Morgan fingerprint density at radius 2 is 1.81 bits per heavy atom. The number of phenolic OH excluding ortho intramolecular Hbond substituents is 1. The number of ether oxygens (including phenoxy) is 1. The summed E-state index contributed by atoms with van der Waals surface area (Å²) < 4.78 is 5.21. The number of likely N-dealkylation sites (tertiary alicyclic amines) is 1. The number of hydrogen-bond acceptors (Lipinski definition) is 7. The van der Waals surface area contributed by atoms with Crippen molar-refractivity contribution in [2.45, 2.75) is 28.5 Å². The minimum Gasteiger partial charge on any atom is -0.508 e. The largest absolute Gasteiger partial charge is 0.508 e. The summed E-state index contributed by atoms with van der Waals surface area (Å²) in [7, 11) is 1.43. The van der Waals surface area contributed by atoms with E-state index in [-0.39, 0.29) is 40.9 Å². The summed E-state index contributed by atoms with van der Waals surface area (Å²) in [5, 5.41) is 20.5. The highest BCUT2D eigenvalue weighted by molar-refractivity contribution is 9.09. The maximum absolute atomic E-state index is 14.0. The van der Waals surface area contributed by atoms with Crippen LogP contribution < -0.4 is 9.64 Å². The number of aromatic hydroxyl groups is 1. The van der Waals surface area contributed by atoms with Crippen LogP contribution in [0.1, 0.15) is 34.7 Å². The van der Waals surface area contributed by atoms with Gasteiger partial charge in [-0.1, -0.05) is 39.7 Å². The predicted molar refractivity (Wildman–Crippen MR) is 154 cm³/mol. The van der Waals surface area contributed by atoms with E-state index < -0.39 is 63.0 Å². The summed E-state index contributed by atoms with van der Waals surface area (Å²) in [5.41, 5.74) is 0.584. The molecule has 2 aliphatic heterocycles. The quantitative estimate of drug-likeness (QED) is 0.209. The molecule has 1 saturated carbocycles. The van der Waals surface area contributed by atoms with Gasteiger partial charge < -0.3 is 14.9 Å². The first-order chi connectivity index (χ1) is 19.9. The number of carboxylic acids is 1. The first-order valence-electron chi connectivity index (χ1n) is 13.0. The predicted octanol–water partition coefficient (Wildman–Crippen LogP) is 4.01. The van der Waals surface area contributed by atoms with Gasteiger partial charge in [0, 0.05) is 17.5 Å². The molecule has 2 heterocycles. The number of carboxylic acid groups (broad SMARTS) is 1. The third kappa shape index (κ3) is 3.66. The van der Waals surface area contributed by atoms with Gasteiger partial charge in [0.05, 0.1) is 35.7 Å². The van der Waals surface area contributed by atoms with E-state index in [0.29, 0.717) is 11.3 Å². The number of methoxy groups -OCH3 is 1. The Balaban J connectivity index is 1.51. The van der Waals surface area contributed by atoms with Crippen LogP contribution in [0.25, 0.3) is 0 Å². The number of allylic oxidation sites excluding steroid dienone is 2. The summed E-state index contributed by atoms with van der Waals surface area (Å²) in [6.07, 6.45) is 1.66. The number of anilines is 1. The van der Waals surface area contributed by atoms with Gasteiger partial charge in [-0.15, -0.1) is 23.2 Å². The lowest BCUT2D eigenvalue weighted by molar-refractivity contribution is -0.138. The van der Waals surface area contributed by atoms with Crippen molar-refractivity contribution in [3.63, 3.8) is 0 Å². The van der Waals surface area contributed by atoms with E-state index in [1.165, 1.54) is 43.5 Å². The van der Waals surface area contributed by atoms with E-state index in [1.54, 1.807) is 12.1 Å². The van der Waals surface area contributed by atoms with Gasteiger partial charge in [0.2, 0.25) is 11.8 Å². The summed E-state index contributed by atoms with van der Waals surface area (Å²) in [6.45, 7) is 0. The molecule has 0 aromatic heterocycles. The number of carbonyl (C=O) groups is 5. The second-order valence-corrected chi connectivity index (χ2v) is 12.5. The molecule has 2 N–H and O–H groups in total. The molecular formula is C29H23BrCl2N2O8. The number of phenols is 1. The van der Waals surface area contributed by atoms with Gasteiger partial charge in [0.1, 0.15) is 11.5 Å². The van der Waals surface area contributed by atoms with Crippen molar-refractivity contribution in [1.82, 2.24) is 4.90 Å². The molecule has 2 aromatic carbocycles. The Morgan fingerprint density at radius 1 is 1.07 bits per heavy atom. The van der Waals surface area contributed by atoms with Gasteiger partial charge in [-0.05, 0) is 43.0 Å². The number of halogens is 3. The lowest BCUT2D eigenvalue weighted by Gasteiger charge is -2.50. The molecule has 2 aliphatic carbocycles. The zero-order valence-corrected chi connectivity index (χ0v) is 25.0. The fraction of sp³-hybridized carbons (Fsp3) is 0.345. The van der Waals surface area contributed by atoms with Gasteiger partial charge in [-0.25, -0.2) is 4.79 Å². The lowest BCUT2D eigenvalue weighted by Crippen LogP contribution is -2.60. The van der Waals surface area contributed by atoms with Gasteiger partial charge in [0.15, 0.2) is 9.75 Å². The standard InChI is InChI=1S/C29H23BrCl2N2O8/c1-42-15-5-6-17(20(35)10-15)22-16-7-8-18-21(19(16)11-28(31)26(40)33(12-30)27(41)29(22,28)32)24(37)34(23(18)36)14-4-2-3-13(9-14)25(38)39/h2-7,9-10,18-19,21-22,35H,8,11-12H2,1H3,(H,38,39). The molecule has 0 radical (unpaired) electrons. The lowest BCUT2D eigenvalue weighted by atomic mass is 9.56. The number of nitrogens with zero attached hydrogens (tertiary/aromatic N) is 2. The Morgan fingerprint density at radius 3 is 2.45 bits per heavy atom. The molecule has 218 valence electrons. The molecule has 6 atom stereocenters. The number of amides is 4. The number of fused-ring (bicyclic) bond motifs is 4. The number of aromatic carboxylic acids is 1. The van der Waals surface area contributed by atoms with Crippen LogP contribution in [-0.4, -0.2) is 67.0 Å². The molecule has 4 amide bonds. The molecule has 10 nitrogen and oxygen atoms in total. The average molecular weight is 678 g/mol. The minimum absolute atomic E-state index is 0.0916. The second kappa shape index (κ2) is 9.82. The molecule has 0 bridgehead atoms. The van der Waals surface area contributed by atoms with E-state index in [9.17, 15) is 34.2 Å². The Bertz CT molecular complexity index is 1630. The van der Waals surface area contributed by atoms with E-state index >= 15 is 0 Å². The van der Waals surface area contributed by atoms with Gasteiger partial charge in [0.25, 0.3) is 11.8 Å². The minimum atomic E-state index is -2.05. The number of imide groups is 2. The zero-order chi connectivity index (χ0) is 30.3. The van der Waals surface area contributed by atoms with Crippen LogP contribution in [0.4, 0.5) is 5.69 Å². The third-order valence-corrected chi connectivity index (χ3v) is 10.8. The SMILES string of the molecule is COc1ccc(C2C3=CCC4C(=O)N(c5cccc(C(=O)O)c5)C(=O)C4C3CC3(Cl)C(=O)N(CBr)C(=O)C23Cl)c(O)c1. The number of rotatable bonds is 5. The van der Waals surface area contributed by atoms with Crippen molar-refractivity contribution in [3.05, 3.63) is 65.2 Å². The third-order valence-electron chi connectivity index (χ3n) is 8.91. The van der Waals surface area contributed by atoms with Crippen molar-refractivity contribution in [2.75, 3.05) is 17.5 Å². The maximum atomic E-state index is 14.0. The van der Waals surface area contributed by atoms with E-state index in [1.807, 2.05) is 0 Å².